The molecule has 90 valence electrons. The van der Waals surface area contributed by atoms with Gasteiger partial charge in [-0.15, -0.1) is 0 Å². The number of aldehydes is 1. The topological polar surface area (TPSA) is 39.8 Å². The Balaban J connectivity index is 2.26. The van der Waals surface area contributed by atoms with Crippen LogP contribution in [-0.2, 0) is 13.1 Å². The summed E-state index contributed by atoms with van der Waals surface area (Å²) in [5.74, 6) is 0.516. The van der Waals surface area contributed by atoms with E-state index in [1.807, 2.05) is 22.9 Å². The first-order chi connectivity index (χ1) is 8.20. The van der Waals surface area contributed by atoms with Crippen LogP contribution in [0.4, 0.5) is 0 Å². The van der Waals surface area contributed by atoms with Crippen LogP contribution in [0.3, 0.4) is 0 Å². The van der Waals surface area contributed by atoms with Crippen molar-refractivity contribution in [1.82, 2.24) is 14.1 Å². The Hall–Kier alpha value is -1.84. The number of carbonyl (C=O) groups excluding carboxylic acids is 1. The van der Waals surface area contributed by atoms with E-state index in [0.29, 0.717) is 5.92 Å². The predicted molar refractivity (Wildman–Crippen MR) is 66.0 cm³/mol. The molecular formula is C13H17N3O. The molecule has 0 unspecified atom stereocenters. The van der Waals surface area contributed by atoms with Crippen LogP contribution in [0.15, 0.2) is 30.9 Å². The molecule has 0 bridgehead atoms. The van der Waals surface area contributed by atoms with E-state index in [2.05, 4.69) is 23.4 Å². The predicted octanol–water partition coefficient (Wildman–Crippen LogP) is 2.20. The van der Waals surface area contributed by atoms with Crippen LogP contribution in [0.1, 0.15) is 30.0 Å². The lowest BCUT2D eigenvalue weighted by Crippen LogP contribution is -2.12. The molecule has 2 rings (SSSR count). The molecule has 0 saturated heterocycles. The highest BCUT2D eigenvalue weighted by Crippen LogP contribution is 2.12. The first-order valence-corrected chi connectivity index (χ1v) is 5.80. The number of imidazole rings is 1. The average Bonchev–Trinajstić information content (AvgIpc) is 2.90. The molecule has 2 aromatic rings. The van der Waals surface area contributed by atoms with E-state index < -0.39 is 0 Å². The Labute approximate surface area is 101 Å². The molecule has 4 nitrogen and oxygen atoms in total. The number of hydrogen-bond donors (Lipinski definition) is 0. The summed E-state index contributed by atoms with van der Waals surface area (Å²) < 4.78 is 4.08. The van der Waals surface area contributed by atoms with Crippen LogP contribution in [0.25, 0.3) is 0 Å². The van der Waals surface area contributed by atoms with Crippen molar-refractivity contribution in [3.8, 4) is 0 Å². The fourth-order valence-electron chi connectivity index (χ4n) is 1.92. The van der Waals surface area contributed by atoms with Crippen molar-refractivity contribution in [2.24, 2.45) is 5.92 Å². The molecular weight excluding hydrogens is 214 g/mol. The maximum absolute atomic E-state index is 11.0. The molecule has 0 amide bonds. The second kappa shape index (κ2) is 4.99. The van der Waals surface area contributed by atoms with E-state index in [4.69, 9.17) is 0 Å². The van der Waals surface area contributed by atoms with Crippen molar-refractivity contribution in [2.45, 2.75) is 26.9 Å². The SMILES string of the molecule is CC(C)Cn1c(C=O)ccc1Cn1ccnc1. The van der Waals surface area contributed by atoms with E-state index in [1.54, 1.807) is 12.5 Å². The first kappa shape index (κ1) is 11.6. The largest absolute Gasteiger partial charge is 0.340 e. The molecule has 0 atom stereocenters. The van der Waals surface area contributed by atoms with Gasteiger partial charge >= 0.3 is 0 Å². The van der Waals surface area contributed by atoms with Gasteiger partial charge in [0.05, 0.1) is 18.6 Å². The third-order valence-electron chi connectivity index (χ3n) is 2.68. The van der Waals surface area contributed by atoms with Gasteiger partial charge < -0.3 is 9.13 Å². The van der Waals surface area contributed by atoms with Crippen molar-refractivity contribution >= 4 is 6.29 Å². The summed E-state index contributed by atoms with van der Waals surface area (Å²) in [6.45, 7) is 5.91. The molecule has 0 aliphatic heterocycles. The van der Waals surface area contributed by atoms with Gasteiger partial charge in [0.15, 0.2) is 6.29 Å². The lowest BCUT2D eigenvalue weighted by Gasteiger charge is -2.13. The Bertz CT molecular complexity index is 483. The molecule has 0 fully saturated rings. The van der Waals surface area contributed by atoms with E-state index in [-0.39, 0.29) is 0 Å². The molecule has 4 heteroatoms. The van der Waals surface area contributed by atoms with Crippen LogP contribution < -0.4 is 0 Å². The van der Waals surface area contributed by atoms with Gasteiger partial charge in [-0.25, -0.2) is 4.98 Å². The van der Waals surface area contributed by atoms with E-state index in [1.165, 1.54) is 0 Å². The highest BCUT2D eigenvalue weighted by atomic mass is 16.1. The van der Waals surface area contributed by atoms with Gasteiger partial charge in [-0.3, -0.25) is 4.79 Å². The van der Waals surface area contributed by atoms with Gasteiger partial charge in [0.2, 0.25) is 0 Å². The van der Waals surface area contributed by atoms with Crippen molar-refractivity contribution in [2.75, 3.05) is 0 Å². The lowest BCUT2D eigenvalue weighted by atomic mass is 10.2. The molecule has 0 aromatic carbocycles. The Morgan fingerprint density at radius 1 is 1.41 bits per heavy atom. The molecule has 2 heterocycles. The number of rotatable bonds is 5. The average molecular weight is 231 g/mol. The zero-order valence-electron chi connectivity index (χ0n) is 10.2. The fourth-order valence-corrected chi connectivity index (χ4v) is 1.92. The number of hydrogen-bond acceptors (Lipinski definition) is 2. The fraction of sp³-hybridized carbons (Fsp3) is 0.385. The summed E-state index contributed by atoms with van der Waals surface area (Å²) in [6, 6.07) is 3.88. The van der Waals surface area contributed by atoms with Crippen molar-refractivity contribution in [3.63, 3.8) is 0 Å². The first-order valence-electron chi connectivity index (χ1n) is 5.80. The van der Waals surface area contributed by atoms with Gasteiger partial charge in [-0.05, 0) is 18.1 Å². The zero-order chi connectivity index (χ0) is 12.3. The normalized spacial score (nSPS) is 11.0. The van der Waals surface area contributed by atoms with E-state index >= 15 is 0 Å². The Morgan fingerprint density at radius 3 is 2.82 bits per heavy atom. The van der Waals surface area contributed by atoms with Gasteiger partial charge in [0.25, 0.3) is 0 Å². The van der Waals surface area contributed by atoms with Crippen LogP contribution in [0, 0.1) is 5.92 Å². The van der Waals surface area contributed by atoms with Crippen LogP contribution in [0.2, 0.25) is 0 Å². The van der Waals surface area contributed by atoms with Crippen molar-refractivity contribution in [1.29, 1.82) is 0 Å². The summed E-state index contributed by atoms with van der Waals surface area (Å²) in [5, 5.41) is 0. The maximum Gasteiger partial charge on any atom is 0.166 e. The van der Waals surface area contributed by atoms with Crippen molar-refractivity contribution < 1.29 is 4.79 Å². The second-order valence-corrected chi connectivity index (χ2v) is 4.61. The minimum atomic E-state index is 0.516. The van der Waals surface area contributed by atoms with Crippen LogP contribution in [-0.4, -0.2) is 20.4 Å². The standard InChI is InChI=1S/C13H17N3O/c1-11(2)7-16-12(3-4-13(16)9-17)8-15-6-5-14-10-15/h3-6,9-11H,7-8H2,1-2H3. The molecule has 0 spiro atoms. The molecule has 0 aliphatic rings. The summed E-state index contributed by atoms with van der Waals surface area (Å²) in [7, 11) is 0. The van der Waals surface area contributed by atoms with Gasteiger partial charge in [0.1, 0.15) is 0 Å². The molecule has 0 N–H and O–H groups in total. The zero-order valence-corrected chi connectivity index (χ0v) is 10.2. The summed E-state index contributed by atoms with van der Waals surface area (Å²) in [6.07, 6.45) is 6.39. The molecule has 0 aliphatic carbocycles. The van der Waals surface area contributed by atoms with Gasteiger partial charge in [-0.1, -0.05) is 13.8 Å². The Kier molecular flexibility index (Phi) is 3.42. The minimum absolute atomic E-state index is 0.516. The number of aromatic nitrogens is 3. The maximum atomic E-state index is 11.0. The minimum Gasteiger partial charge on any atom is -0.340 e. The molecule has 17 heavy (non-hydrogen) atoms. The van der Waals surface area contributed by atoms with E-state index in [9.17, 15) is 4.79 Å². The summed E-state index contributed by atoms with van der Waals surface area (Å²) in [5.41, 5.74) is 1.88. The Morgan fingerprint density at radius 2 is 2.24 bits per heavy atom. The molecule has 2 aromatic heterocycles. The van der Waals surface area contributed by atoms with Crippen LogP contribution in [0.5, 0.6) is 0 Å². The van der Waals surface area contributed by atoms with E-state index in [0.717, 1.165) is 30.8 Å². The third kappa shape index (κ3) is 2.64. The summed E-state index contributed by atoms with van der Waals surface area (Å²) >= 11 is 0. The number of carbonyl (C=O) groups is 1. The third-order valence-corrected chi connectivity index (χ3v) is 2.68. The highest BCUT2D eigenvalue weighted by molar-refractivity contribution is 5.72. The second-order valence-electron chi connectivity index (χ2n) is 4.61. The monoisotopic (exact) mass is 231 g/mol. The van der Waals surface area contributed by atoms with Crippen LogP contribution >= 0.6 is 0 Å². The number of nitrogens with zero attached hydrogens (tertiary/aromatic N) is 3. The van der Waals surface area contributed by atoms with Crippen molar-refractivity contribution in [3.05, 3.63) is 42.2 Å². The lowest BCUT2D eigenvalue weighted by molar-refractivity contribution is 0.111. The molecule has 0 saturated carbocycles. The summed E-state index contributed by atoms with van der Waals surface area (Å²) in [4.78, 5) is 15.0. The molecule has 0 radical (unpaired) electrons. The van der Waals surface area contributed by atoms with Gasteiger partial charge in [-0.2, -0.15) is 0 Å². The van der Waals surface area contributed by atoms with Gasteiger partial charge in [0, 0.05) is 24.6 Å². The quantitative estimate of drug-likeness (QED) is 0.740. The highest BCUT2D eigenvalue weighted by Gasteiger charge is 2.09. The smallest absolute Gasteiger partial charge is 0.166 e.